The Balaban J connectivity index is 1.84. The van der Waals surface area contributed by atoms with Crippen LogP contribution in [0.1, 0.15) is 45.1 Å². The molecule has 1 aromatic rings. The number of allylic oxidation sites excluding steroid dienone is 3. The summed E-state index contributed by atoms with van der Waals surface area (Å²) in [5, 5.41) is 3.33. The highest BCUT2D eigenvalue weighted by atomic mass is 79.9. The second-order valence-corrected chi connectivity index (χ2v) is 9.64. The predicted molar refractivity (Wildman–Crippen MR) is 117 cm³/mol. The molecule has 2 aliphatic heterocycles. The van der Waals surface area contributed by atoms with Gasteiger partial charge in [0.25, 0.3) is 0 Å². The number of fused-ring (bicyclic) bond motifs is 1. The smallest absolute Gasteiger partial charge is 0.336 e. The molecule has 0 radical (unpaired) electrons. The Bertz CT molecular complexity index is 1010. The quantitative estimate of drug-likeness (QED) is 0.492. The maximum absolute atomic E-state index is 13.3. The van der Waals surface area contributed by atoms with Gasteiger partial charge in [0.1, 0.15) is 6.61 Å². The highest BCUT2D eigenvalue weighted by Gasteiger charge is 2.44. The molecule has 0 bridgehead atoms. The van der Waals surface area contributed by atoms with Crippen molar-refractivity contribution in [3.63, 3.8) is 0 Å². The molecule has 0 amide bonds. The SMILES string of the molecule is COCCOC(=O)C1=C(C)NC2=C(C(=O)CC(C)(C)C2)[C@H]1c1cc2c(cc1Br)OCO2. The number of hydrogen-bond acceptors (Lipinski definition) is 7. The van der Waals surface area contributed by atoms with Gasteiger partial charge in [0.15, 0.2) is 17.3 Å². The zero-order valence-corrected chi connectivity index (χ0v) is 19.7. The average molecular weight is 492 g/mol. The molecule has 0 aromatic heterocycles. The van der Waals surface area contributed by atoms with Crippen LogP contribution in [0.15, 0.2) is 39.1 Å². The normalized spacial score (nSPS) is 21.7. The van der Waals surface area contributed by atoms with E-state index in [0.29, 0.717) is 41.4 Å². The standard InChI is InChI=1S/C23H26BrNO6/c1-12-19(22(27)29-6-5-28-4)20(13-7-17-18(8-14(13)24)31-11-30-17)21-15(25-12)9-23(2,3)10-16(21)26/h7-8,20,25H,5-6,9-11H2,1-4H3/t20-/m0/s1. The van der Waals surface area contributed by atoms with Crippen LogP contribution in [-0.4, -0.2) is 38.9 Å². The molecule has 7 nitrogen and oxygen atoms in total. The largest absolute Gasteiger partial charge is 0.460 e. The zero-order valence-electron chi connectivity index (χ0n) is 18.1. The first-order chi connectivity index (χ1) is 14.7. The van der Waals surface area contributed by atoms with Crippen molar-refractivity contribution in [2.75, 3.05) is 27.1 Å². The number of methoxy groups -OCH3 is 1. The number of carbonyl (C=O) groups excluding carboxylic acids is 2. The zero-order chi connectivity index (χ0) is 22.3. The van der Waals surface area contributed by atoms with Crippen molar-refractivity contribution in [1.29, 1.82) is 0 Å². The number of nitrogens with one attached hydrogen (secondary N) is 1. The summed E-state index contributed by atoms with van der Waals surface area (Å²) >= 11 is 3.62. The van der Waals surface area contributed by atoms with Crippen LogP contribution >= 0.6 is 15.9 Å². The maximum atomic E-state index is 13.3. The lowest BCUT2D eigenvalue weighted by Gasteiger charge is -2.39. The fourth-order valence-corrected chi connectivity index (χ4v) is 5.02. The number of benzene rings is 1. The van der Waals surface area contributed by atoms with Crippen molar-refractivity contribution in [3.05, 3.63) is 44.7 Å². The number of dihydropyridines is 1. The minimum absolute atomic E-state index is 0.0306. The molecule has 1 aliphatic carbocycles. The van der Waals surface area contributed by atoms with Gasteiger partial charge < -0.3 is 24.3 Å². The van der Waals surface area contributed by atoms with Crippen molar-refractivity contribution in [1.82, 2.24) is 5.32 Å². The van der Waals surface area contributed by atoms with E-state index in [1.165, 1.54) is 0 Å². The van der Waals surface area contributed by atoms with E-state index >= 15 is 0 Å². The minimum Gasteiger partial charge on any atom is -0.460 e. The van der Waals surface area contributed by atoms with E-state index in [1.54, 1.807) is 7.11 Å². The molecule has 3 aliphatic rings. The van der Waals surface area contributed by atoms with Crippen molar-refractivity contribution in [2.45, 2.75) is 39.5 Å². The number of Topliss-reactive ketones (excluding diaryl/α,β-unsaturated/α-hetero) is 1. The first kappa shape index (κ1) is 21.9. The summed E-state index contributed by atoms with van der Waals surface area (Å²) in [6, 6.07) is 3.66. The van der Waals surface area contributed by atoms with Gasteiger partial charge in [-0.3, -0.25) is 4.79 Å². The number of halogens is 1. The summed E-state index contributed by atoms with van der Waals surface area (Å²) in [5.41, 5.74) is 3.19. The summed E-state index contributed by atoms with van der Waals surface area (Å²) in [6.45, 7) is 6.57. The van der Waals surface area contributed by atoms with Crippen LogP contribution in [0.2, 0.25) is 0 Å². The monoisotopic (exact) mass is 491 g/mol. The van der Waals surface area contributed by atoms with Crippen molar-refractivity contribution in [3.8, 4) is 11.5 Å². The number of ether oxygens (including phenoxy) is 4. The molecule has 0 fully saturated rings. The van der Waals surface area contributed by atoms with Gasteiger partial charge in [0.05, 0.1) is 12.2 Å². The van der Waals surface area contributed by atoms with Crippen molar-refractivity contribution in [2.24, 2.45) is 5.41 Å². The lowest BCUT2D eigenvalue weighted by Crippen LogP contribution is -2.38. The highest BCUT2D eigenvalue weighted by Crippen LogP contribution is 2.50. The van der Waals surface area contributed by atoms with E-state index < -0.39 is 11.9 Å². The molecule has 4 rings (SSSR count). The first-order valence-electron chi connectivity index (χ1n) is 10.2. The number of hydrogen-bond donors (Lipinski definition) is 1. The second kappa shape index (κ2) is 8.31. The van der Waals surface area contributed by atoms with Crippen LogP contribution in [0.25, 0.3) is 0 Å². The molecule has 8 heteroatoms. The molecule has 166 valence electrons. The van der Waals surface area contributed by atoms with E-state index in [0.717, 1.165) is 22.2 Å². The Morgan fingerprint density at radius 1 is 1.23 bits per heavy atom. The molecule has 0 spiro atoms. The lowest BCUT2D eigenvalue weighted by molar-refractivity contribution is -0.140. The van der Waals surface area contributed by atoms with E-state index in [4.69, 9.17) is 18.9 Å². The minimum atomic E-state index is -0.571. The van der Waals surface area contributed by atoms with Gasteiger partial charge in [-0.15, -0.1) is 0 Å². The molecule has 1 atom stereocenters. The Labute approximate surface area is 189 Å². The molecule has 1 N–H and O–H groups in total. The Morgan fingerprint density at radius 2 is 1.94 bits per heavy atom. The third kappa shape index (κ3) is 4.11. The molecule has 2 heterocycles. The van der Waals surface area contributed by atoms with Crippen LogP contribution in [-0.2, 0) is 19.1 Å². The predicted octanol–water partition coefficient (Wildman–Crippen LogP) is 3.97. The Hall–Kier alpha value is -2.32. The van der Waals surface area contributed by atoms with Gasteiger partial charge in [-0.2, -0.15) is 0 Å². The molecular weight excluding hydrogens is 466 g/mol. The summed E-state index contributed by atoms with van der Waals surface area (Å²) in [4.78, 5) is 26.5. The Kier molecular flexibility index (Phi) is 5.87. The first-order valence-corrected chi connectivity index (χ1v) is 11.0. The number of carbonyl (C=O) groups is 2. The van der Waals surface area contributed by atoms with Crippen LogP contribution in [0.5, 0.6) is 11.5 Å². The third-order valence-corrected chi connectivity index (χ3v) is 6.47. The van der Waals surface area contributed by atoms with Gasteiger partial charge in [-0.05, 0) is 36.5 Å². The fourth-order valence-electron chi connectivity index (χ4n) is 4.47. The topological polar surface area (TPSA) is 83.1 Å². The lowest BCUT2D eigenvalue weighted by atomic mass is 9.68. The molecule has 0 saturated carbocycles. The van der Waals surface area contributed by atoms with Gasteiger partial charge in [0, 0.05) is 40.9 Å². The second-order valence-electron chi connectivity index (χ2n) is 8.79. The van der Waals surface area contributed by atoms with E-state index in [9.17, 15) is 9.59 Å². The Morgan fingerprint density at radius 3 is 2.65 bits per heavy atom. The summed E-state index contributed by atoms with van der Waals surface area (Å²) in [7, 11) is 1.55. The van der Waals surface area contributed by atoms with Gasteiger partial charge in [0.2, 0.25) is 6.79 Å². The van der Waals surface area contributed by atoms with Crippen LogP contribution in [0.4, 0.5) is 0 Å². The maximum Gasteiger partial charge on any atom is 0.336 e. The van der Waals surface area contributed by atoms with Crippen molar-refractivity contribution >= 4 is 27.7 Å². The van der Waals surface area contributed by atoms with Crippen LogP contribution < -0.4 is 14.8 Å². The summed E-state index contributed by atoms with van der Waals surface area (Å²) in [5.74, 6) is 0.203. The van der Waals surface area contributed by atoms with Crippen LogP contribution in [0, 0.1) is 5.41 Å². The van der Waals surface area contributed by atoms with Crippen molar-refractivity contribution < 1.29 is 28.5 Å². The molecule has 0 unspecified atom stereocenters. The molecule has 1 aromatic carbocycles. The average Bonchev–Trinajstić information content (AvgIpc) is 3.12. The highest BCUT2D eigenvalue weighted by molar-refractivity contribution is 9.10. The molecular formula is C23H26BrNO6. The van der Waals surface area contributed by atoms with E-state index in [-0.39, 0.29) is 24.6 Å². The van der Waals surface area contributed by atoms with Gasteiger partial charge in [-0.25, -0.2) is 4.79 Å². The molecule has 0 saturated heterocycles. The number of rotatable bonds is 5. The number of esters is 1. The molecule has 31 heavy (non-hydrogen) atoms. The van der Waals surface area contributed by atoms with Gasteiger partial charge >= 0.3 is 5.97 Å². The van der Waals surface area contributed by atoms with E-state index in [2.05, 4.69) is 35.1 Å². The summed E-state index contributed by atoms with van der Waals surface area (Å²) in [6.07, 6.45) is 1.13. The fraction of sp³-hybridized carbons (Fsp3) is 0.478. The summed E-state index contributed by atoms with van der Waals surface area (Å²) < 4.78 is 22.3. The van der Waals surface area contributed by atoms with Crippen LogP contribution in [0.3, 0.4) is 0 Å². The van der Waals surface area contributed by atoms with Gasteiger partial charge in [-0.1, -0.05) is 29.8 Å². The third-order valence-electron chi connectivity index (χ3n) is 5.78. The number of ketones is 1. The van der Waals surface area contributed by atoms with E-state index in [1.807, 2.05) is 19.1 Å².